The van der Waals surface area contributed by atoms with Crippen molar-refractivity contribution in [1.29, 1.82) is 0 Å². The molecule has 126 valence electrons. The number of alkyl halides is 3. The molecule has 23 heavy (non-hydrogen) atoms. The van der Waals surface area contributed by atoms with E-state index in [0.29, 0.717) is 5.92 Å². The number of halogens is 3. The molecule has 0 spiro atoms. The summed E-state index contributed by atoms with van der Waals surface area (Å²) in [5, 5.41) is 0. The van der Waals surface area contributed by atoms with Crippen molar-refractivity contribution in [2.45, 2.75) is 52.6 Å². The van der Waals surface area contributed by atoms with E-state index >= 15 is 0 Å². The van der Waals surface area contributed by atoms with E-state index in [2.05, 4.69) is 45.0 Å². The van der Waals surface area contributed by atoms with Gasteiger partial charge in [0.2, 0.25) is 0 Å². The fraction of sp³-hybridized carbons (Fsp3) is 0.400. The van der Waals surface area contributed by atoms with Gasteiger partial charge in [-0.1, -0.05) is 69.7 Å². The van der Waals surface area contributed by atoms with Crippen LogP contribution in [0.15, 0.2) is 48.5 Å². The molecule has 0 aromatic heterocycles. The van der Waals surface area contributed by atoms with Crippen molar-refractivity contribution in [3.8, 4) is 0 Å². The zero-order valence-corrected chi connectivity index (χ0v) is 14.4. The van der Waals surface area contributed by atoms with Gasteiger partial charge < -0.3 is 0 Å². The quantitative estimate of drug-likeness (QED) is 0.561. The van der Waals surface area contributed by atoms with E-state index < -0.39 is 11.7 Å². The lowest BCUT2D eigenvalue weighted by Crippen LogP contribution is -2.04. The van der Waals surface area contributed by atoms with E-state index in [4.69, 9.17) is 0 Å². The third-order valence-electron chi connectivity index (χ3n) is 3.65. The molecular formula is C20H25F3. The molecule has 0 N–H and O–H groups in total. The van der Waals surface area contributed by atoms with Crippen molar-refractivity contribution >= 4 is 0 Å². The van der Waals surface area contributed by atoms with Crippen LogP contribution in [0, 0.1) is 6.92 Å². The molecule has 0 nitrogen and oxygen atoms in total. The first kappa shape index (κ1) is 19.3. The summed E-state index contributed by atoms with van der Waals surface area (Å²) < 4.78 is 36.4. The number of hydrogen-bond acceptors (Lipinski definition) is 0. The average Bonchev–Trinajstić information content (AvgIpc) is 2.47. The minimum Gasteiger partial charge on any atom is -0.166 e. The highest BCUT2D eigenvalue weighted by molar-refractivity contribution is 5.26. The first-order valence-corrected chi connectivity index (χ1v) is 7.85. The summed E-state index contributed by atoms with van der Waals surface area (Å²) in [6.07, 6.45) is -4.23. The largest absolute Gasteiger partial charge is 0.416 e. The van der Waals surface area contributed by atoms with Crippen molar-refractivity contribution in [3.63, 3.8) is 0 Å². The number of rotatable bonds is 2. The third-order valence-corrected chi connectivity index (χ3v) is 3.65. The van der Waals surface area contributed by atoms with Gasteiger partial charge in [-0.3, -0.25) is 0 Å². The van der Waals surface area contributed by atoms with Gasteiger partial charge >= 0.3 is 6.18 Å². The van der Waals surface area contributed by atoms with E-state index in [1.165, 1.54) is 23.3 Å². The van der Waals surface area contributed by atoms with Crippen molar-refractivity contribution in [2.24, 2.45) is 0 Å². The van der Waals surface area contributed by atoms with Crippen LogP contribution in [0.1, 0.15) is 61.8 Å². The van der Waals surface area contributed by atoms with Gasteiger partial charge in [-0.05, 0) is 42.0 Å². The second-order valence-electron chi connectivity index (χ2n) is 6.34. The lowest BCUT2D eigenvalue weighted by atomic mass is 10.0. The number of hydrogen-bond donors (Lipinski definition) is 0. The molecule has 0 atom stereocenters. The van der Waals surface area contributed by atoms with Gasteiger partial charge in [-0.15, -0.1) is 0 Å². The monoisotopic (exact) mass is 322 g/mol. The van der Waals surface area contributed by atoms with Crippen LogP contribution in [0.3, 0.4) is 0 Å². The number of benzene rings is 2. The normalized spacial score (nSPS) is 11.4. The minimum absolute atomic E-state index is 0.266. The molecule has 2 aromatic carbocycles. The van der Waals surface area contributed by atoms with Crippen LogP contribution < -0.4 is 0 Å². The molecule has 0 amide bonds. The second kappa shape index (κ2) is 8.19. The Kier molecular flexibility index (Phi) is 6.86. The Hall–Kier alpha value is -1.77. The van der Waals surface area contributed by atoms with Crippen LogP contribution >= 0.6 is 0 Å². The summed E-state index contributed by atoms with van der Waals surface area (Å²) in [7, 11) is 0. The highest BCUT2D eigenvalue weighted by atomic mass is 19.4. The maximum absolute atomic E-state index is 12.1. The highest BCUT2D eigenvalue weighted by Gasteiger charge is 2.29. The third kappa shape index (κ3) is 6.47. The maximum Gasteiger partial charge on any atom is 0.416 e. The van der Waals surface area contributed by atoms with Crippen LogP contribution in [0.25, 0.3) is 0 Å². The summed E-state index contributed by atoms with van der Waals surface area (Å²) in [4.78, 5) is 0. The first-order valence-electron chi connectivity index (χ1n) is 7.85. The number of aryl methyl sites for hydroxylation is 1. The fourth-order valence-corrected chi connectivity index (χ4v) is 2.01. The molecular weight excluding hydrogens is 297 g/mol. The smallest absolute Gasteiger partial charge is 0.166 e. The van der Waals surface area contributed by atoms with Gasteiger partial charge in [0.1, 0.15) is 0 Å². The van der Waals surface area contributed by atoms with E-state index in [-0.39, 0.29) is 5.92 Å². The Balaban J connectivity index is 0.000000238. The van der Waals surface area contributed by atoms with Gasteiger partial charge in [-0.2, -0.15) is 13.2 Å². The minimum atomic E-state index is -4.23. The van der Waals surface area contributed by atoms with E-state index in [1.54, 1.807) is 0 Å². The lowest BCUT2D eigenvalue weighted by Gasteiger charge is -2.09. The molecule has 3 heteroatoms. The molecule has 0 aliphatic heterocycles. The molecule has 0 aliphatic rings. The van der Waals surface area contributed by atoms with Crippen molar-refractivity contribution in [2.75, 3.05) is 0 Å². The average molecular weight is 322 g/mol. The van der Waals surface area contributed by atoms with Crippen molar-refractivity contribution in [1.82, 2.24) is 0 Å². The fourth-order valence-electron chi connectivity index (χ4n) is 2.01. The summed E-state index contributed by atoms with van der Waals surface area (Å²) in [5.41, 5.74) is 3.10. The second-order valence-corrected chi connectivity index (χ2v) is 6.34. The first-order chi connectivity index (χ1) is 10.6. The molecule has 0 aliphatic carbocycles. The Morgan fingerprint density at radius 3 is 1.30 bits per heavy atom. The van der Waals surface area contributed by atoms with E-state index in [1.807, 2.05) is 13.8 Å². The van der Waals surface area contributed by atoms with E-state index in [9.17, 15) is 13.2 Å². The van der Waals surface area contributed by atoms with E-state index in [0.717, 1.165) is 17.7 Å². The van der Waals surface area contributed by atoms with Gasteiger partial charge in [0.15, 0.2) is 0 Å². The predicted octanol–water partition coefficient (Wildman–Crippen LogP) is 6.95. The summed E-state index contributed by atoms with van der Waals surface area (Å²) in [6.45, 7) is 10.4. The molecule has 2 aromatic rings. The van der Waals surface area contributed by atoms with Crippen LogP contribution in [-0.4, -0.2) is 0 Å². The molecule has 0 unspecified atom stereocenters. The lowest BCUT2D eigenvalue weighted by molar-refractivity contribution is -0.137. The Labute approximate surface area is 137 Å². The Morgan fingerprint density at radius 1 is 0.652 bits per heavy atom. The molecule has 0 heterocycles. The van der Waals surface area contributed by atoms with Gasteiger partial charge in [0.05, 0.1) is 5.56 Å². The van der Waals surface area contributed by atoms with Crippen molar-refractivity contribution < 1.29 is 13.2 Å². The molecule has 0 bridgehead atoms. The van der Waals surface area contributed by atoms with Crippen LogP contribution in [0.4, 0.5) is 13.2 Å². The predicted molar refractivity (Wildman–Crippen MR) is 90.8 cm³/mol. The zero-order valence-electron chi connectivity index (χ0n) is 14.4. The van der Waals surface area contributed by atoms with Crippen LogP contribution in [0.5, 0.6) is 0 Å². The Morgan fingerprint density at radius 2 is 1.00 bits per heavy atom. The maximum atomic E-state index is 12.1. The molecule has 0 saturated heterocycles. The Bertz CT molecular complexity index is 576. The topological polar surface area (TPSA) is 0 Å². The molecule has 0 radical (unpaired) electrons. The standard InChI is InChI=1S/C10H11F3.C10H14/c1-7(2)8-3-5-9(6-4-8)10(11,12)13;1-8(2)10-6-4-9(3)5-7-10/h3-7H,1-2H3;4-8H,1-3H3. The van der Waals surface area contributed by atoms with Crippen molar-refractivity contribution in [3.05, 3.63) is 70.8 Å². The highest BCUT2D eigenvalue weighted by Crippen LogP contribution is 2.29. The van der Waals surface area contributed by atoms with Gasteiger partial charge in [0.25, 0.3) is 0 Å². The molecule has 2 rings (SSSR count). The molecule has 0 saturated carbocycles. The summed E-state index contributed by atoms with van der Waals surface area (Å²) in [5.74, 6) is 0.919. The zero-order chi connectivity index (χ0) is 17.6. The van der Waals surface area contributed by atoms with Gasteiger partial charge in [-0.25, -0.2) is 0 Å². The summed E-state index contributed by atoms with van der Waals surface area (Å²) >= 11 is 0. The molecule has 0 fully saturated rings. The van der Waals surface area contributed by atoms with Gasteiger partial charge in [0, 0.05) is 0 Å². The van der Waals surface area contributed by atoms with Crippen LogP contribution in [-0.2, 0) is 6.18 Å². The van der Waals surface area contributed by atoms with Crippen LogP contribution in [0.2, 0.25) is 0 Å². The SMILES string of the molecule is CC(C)c1ccc(C(F)(F)F)cc1.Cc1ccc(C(C)C)cc1. The summed E-state index contributed by atoms with van der Waals surface area (Å²) in [6, 6.07) is 14.0.